The molecule has 2 rings (SSSR count). The van der Waals surface area contributed by atoms with Crippen molar-refractivity contribution in [2.24, 2.45) is 0 Å². The Morgan fingerprint density at radius 1 is 1.40 bits per heavy atom. The quantitative estimate of drug-likeness (QED) is 0.874. The lowest BCUT2D eigenvalue weighted by molar-refractivity contribution is 0.0695. The molecule has 0 unspecified atom stereocenters. The summed E-state index contributed by atoms with van der Waals surface area (Å²) in [5.74, 6) is 0.0738. The van der Waals surface area contributed by atoms with Gasteiger partial charge in [-0.2, -0.15) is 0 Å². The van der Waals surface area contributed by atoms with Crippen LogP contribution in [0.3, 0.4) is 0 Å². The zero-order chi connectivity index (χ0) is 14.5. The first-order valence-corrected chi connectivity index (χ1v) is 6.62. The number of carboxylic acids is 1. The number of benzene rings is 1. The van der Waals surface area contributed by atoms with Crippen LogP contribution in [0.5, 0.6) is 5.75 Å². The van der Waals surface area contributed by atoms with E-state index in [0.29, 0.717) is 35.8 Å². The number of aromatic carboxylic acids is 1. The topological polar surface area (TPSA) is 72.6 Å². The highest BCUT2D eigenvalue weighted by Gasteiger charge is 2.23. The number of hydrogen-bond acceptors (Lipinski definition) is 4. The Labute approximate surface area is 117 Å². The molecule has 20 heavy (non-hydrogen) atoms. The van der Waals surface area contributed by atoms with Gasteiger partial charge in [0.05, 0.1) is 6.61 Å². The van der Waals surface area contributed by atoms with Gasteiger partial charge < -0.3 is 14.4 Å². The van der Waals surface area contributed by atoms with Crippen molar-refractivity contribution >= 4 is 5.97 Å². The van der Waals surface area contributed by atoms with Crippen LogP contribution >= 0.6 is 0 Å². The molecule has 0 radical (unpaired) electrons. The summed E-state index contributed by atoms with van der Waals surface area (Å²) in [7, 11) is 0. The lowest BCUT2D eigenvalue weighted by atomic mass is 10.0. The third kappa shape index (κ3) is 2.82. The van der Waals surface area contributed by atoms with E-state index in [2.05, 4.69) is 5.16 Å². The first-order chi connectivity index (χ1) is 9.67. The van der Waals surface area contributed by atoms with Gasteiger partial charge in [-0.15, -0.1) is 0 Å². The number of aryl methyl sites for hydroxylation is 1. The van der Waals surface area contributed by atoms with Crippen molar-refractivity contribution < 1.29 is 19.2 Å². The molecule has 0 amide bonds. The number of ether oxygens (including phenoxy) is 1. The molecule has 0 saturated carbocycles. The maximum absolute atomic E-state index is 11.4. The van der Waals surface area contributed by atoms with Crippen molar-refractivity contribution in [1.29, 1.82) is 0 Å². The molecule has 0 atom stereocenters. The number of carboxylic acid groups (broad SMARTS) is 1. The van der Waals surface area contributed by atoms with Crippen molar-refractivity contribution in [2.75, 3.05) is 6.61 Å². The average Bonchev–Trinajstić information content (AvgIpc) is 2.84. The van der Waals surface area contributed by atoms with Gasteiger partial charge in [-0.25, -0.2) is 4.79 Å². The van der Waals surface area contributed by atoms with E-state index in [1.54, 1.807) is 18.2 Å². The van der Waals surface area contributed by atoms with Gasteiger partial charge >= 0.3 is 5.97 Å². The van der Waals surface area contributed by atoms with Crippen LogP contribution in [-0.2, 0) is 6.42 Å². The number of carbonyl (C=O) groups is 1. The van der Waals surface area contributed by atoms with Crippen molar-refractivity contribution in [3.05, 3.63) is 35.6 Å². The summed E-state index contributed by atoms with van der Waals surface area (Å²) in [6.07, 6.45) is 1.35. The number of nitrogens with zero attached hydrogens (tertiary/aromatic N) is 1. The van der Waals surface area contributed by atoms with Crippen LogP contribution in [0.4, 0.5) is 0 Å². The van der Waals surface area contributed by atoms with E-state index in [4.69, 9.17) is 9.26 Å². The van der Waals surface area contributed by atoms with E-state index in [1.165, 1.54) is 0 Å². The summed E-state index contributed by atoms with van der Waals surface area (Å²) in [5, 5.41) is 13.3. The van der Waals surface area contributed by atoms with Crippen LogP contribution in [0.2, 0.25) is 0 Å². The minimum atomic E-state index is -1.02. The van der Waals surface area contributed by atoms with Crippen LogP contribution in [0.15, 0.2) is 28.8 Å². The first kappa shape index (κ1) is 14.1. The minimum Gasteiger partial charge on any atom is -0.494 e. The zero-order valence-corrected chi connectivity index (χ0v) is 11.5. The first-order valence-electron chi connectivity index (χ1n) is 6.62. The number of aromatic nitrogens is 1. The van der Waals surface area contributed by atoms with Gasteiger partial charge in [0.25, 0.3) is 0 Å². The van der Waals surface area contributed by atoms with E-state index in [1.807, 2.05) is 19.9 Å². The highest BCUT2D eigenvalue weighted by molar-refractivity contribution is 5.95. The molecule has 106 valence electrons. The largest absolute Gasteiger partial charge is 0.494 e. The Bertz CT molecular complexity index is 604. The molecule has 0 aliphatic heterocycles. The zero-order valence-electron chi connectivity index (χ0n) is 11.5. The van der Waals surface area contributed by atoms with Crippen molar-refractivity contribution in [2.45, 2.75) is 26.7 Å². The van der Waals surface area contributed by atoms with Gasteiger partial charge in [0.15, 0.2) is 5.76 Å². The van der Waals surface area contributed by atoms with E-state index in [0.717, 1.165) is 6.42 Å². The van der Waals surface area contributed by atoms with Crippen LogP contribution < -0.4 is 4.74 Å². The summed E-state index contributed by atoms with van der Waals surface area (Å²) in [4.78, 5) is 11.4. The third-order valence-electron chi connectivity index (χ3n) is 2.87. The predicted molar refractivity (Wildman–Crippen MR) is 74.1 cm³/mol. The second kappa shape index (κ2) is 6.23. The minimum absolute atomic E-state index is 0.139. The molecule has 0 spiro atoms. The van der Waals surface area contributed by atoms with Gasteiger partial charge in [-0.3, -0.25) is 0 Å². The Morgan fingerprint density at radius 3 is 2.85 bits per heavy atom. The molecule has 1 N–H and O–H groups in total. The van der Waals surface area contributed by atoms with Gasteiger partial charge in [0, 0.05) is 12.0 Å². The van der Waals surface area contributed by atoms with E-state index < -0.39 is 5.97 Å². The van der Waals surface area contributed by atoms with Crippen molar-refractivity contribution in [3.8, 4) is 17.0 Å². The highest BCUT2D eigenvalue weighted by Crippen LogP contribution is 2.28. The molecule has 0 aliphatic rings. The lowest BCUT2D eigenvalue weighted by Gasteiger charge is -2.04. The standard InChI is InChI=1S/C15H17NO4/c1-3-6-12-13(15(17)18)14(16-20-12)10-7-5-8-11(9-10)19-4-2/h5,7-9H,3-4,6H2,1-2H3,(H,17,18). The number of hydrogen-bond donors (Lipinski definition) is 1. The summed E-state index contributed by atoms with van der Waals surface area (Å²) >= 11 is 0. The molecule has 5 nitrogen and oxygen atoms in total. The highest BCUT2D eigenvalue weighted by atomic mass is 16.5. The normalized spacial score (nSPS) is 10.5. The SMILES string of the molecule is CCCc1onc(-c2cccc(OCC)c2)c1C(=O)O. The molecular weight excluding hydrogens is 258 g/mol. The second-order valence-corrected chi connectivity index (χ2v) is 4.35. The smallest absolute Gasteiger partial charge is 0.341 e. The van der Waals surface area contributed by atoms with Crippen LogP contribution in [0.1, 0.15) is 36.4 Å². The fraction of sp³-hybridized carbons (Fsp3) is 0.333. The fourth-order valence-corrected chi connectivity index (χ4v) is 2.04. The Kier molecular flexibility index (Phi) is 4.40. The molecule has 0 fully saturated rings. The molecule has 0 bridgehead atoms. The van der Waals surface area contributed by atoms with Crippen molar-refractivity contribution in [3.63, 3.8) is 0 Å². The molecule has 0 aliphatic carbocycles. The summed E-state index contributed by atoms with van der Waals surface area (Å²) in [6, 6.07) is 7.19. The lowest BCUT2D eigenvalue weighted by Crippen LogP contribution is -2.01. The molecule has 5 heteroatoms. The van der Waals surface area contributed by atoms with E-state index >= 15 is 0 Å². The summed E-state index contributed by atoms with van der Waals surface area (Å²) in [6.45, 7) is 4.41. The fourth-order valence-electron chi connectivity index (χ4n) is 2.04. The summed E-state index contributed by atoms with van der Waals surface area (Å²) < 4.78 is 10.6. The summed E-state index contributed by atoms with van der Waals surface area (Å²) in [5.41, 5.74) is 1.17. The Hall–Kier alpha value is -2.30. The van der Waals surface area contributed by atoms with Gasteiger partial charge in [-0.05, 0) is 25.5 Å². The molecule has 1 aromatic heterocycles. The third-order valence-corrected chi connectivity index (χ3v) is 2.87. The van der Waals surface area contributed by atoms with E-state index in [-0.39, 0.29) is 5.56 Å². The monoisotopic (exact) mass is 275 g/mol. The average molecular weight is 275 g/mol. The maximum Gasteiger partial charge on any atom is 0.341 e. The predicted octanol–water partition coefficient (Wildman–Crippen LogP) is 3.39. The Balaban J connectivity index is 2.46. The molecule has 0 saturated heterocycles. The van der Waals surface area contributed by atoms with Gasteiger partial charge in [-0.1, -0.05) is 24.2 Å². The number of rotatable bonds is 6. The van der Waals surface area contributed by atoms with Crippen LogP contribution in [-0.4, -0.2) is 22.8 Å². The van der Waals surface area contributed by atoms with Crippen LogP contribution in [0.25, 0.3) is 11.3 Å². The van der Waals surface area contributed by atoms with Gasteiger partial charge in [0.1, 0.15) is 17.0 Å². The molecule has 1 heterocycles. The van der Waals surface area contributed by atoms with Crippen molar-refractivity contribution in [1.82, 2.24) is 5.16 Å². The second-order valence-electron chi connectivity index (χ2n) is 4.35. The molecule has 2 aromatic rings. The molecular formula is C15H17NO4. The van der Waals surface area contributed by atoms with Crippen LogP contribution in [0, 0.1) is 0 Å². The van der Waals surface area contributed by atoms with E-state index in [9.17, 15) is 9.90 Å². The maximum atomic E-state index is 11.4. The van der Waals surface area contributed by atoms with Gasteiger partial charge in [0.2, 0.25) is 0 Å². The Morgan fingerprint density at radius 2 is 2.20 bits per heavy atom. The molecule has 1 aromatic carbocycles.